The van der Waals surface area contributed by atoms with Crippen LogP contribution in [0.3, 0.4) is 0 Å². The van der Waals surface area contributed by atoms with Crippen LogP contribution in [-0.2, 0) is 11.0 Å². The molecule has 0 bridgehead atoms. The number of thioether (sulfide) groups is 1. The van der Waals surface area contributed by atoms with Crippen LogP contribution in [0.4, 0.5) is 13.2 Å². The van der Waals surface area contributed by atoms with Crippen molar-refractivity contribution in [3.8, 4) is 0 Å². The molecule has 0 aliphatic rings. The zero-order valence-corrected chi connectivity index (χ0v) is 12.5. The fourth-order valence-corrected chi connectivity index (χ4v) is 2.84. The van der Waals surface area contributed by atoms with E-state index >= 15 is 0 Å². The lowest BCUT2D eigenvalue weighted by atomic mass is 10.1. The molecule has 2 nitrogen and oxygen atoms in total. The van der Waals surface area contributed by atoms with Crippen LogP contribution in [0.2, 0.25) is 0 Å². The highest BCUT2D eigenvalue weighted by atomic mass is 32.2. The Hall–Kier alpha value is -1.95. The van der Waals surface area contributed by atoms with Crippen LogP contribution in [0.1, 0.15) is 22.1 Å². The van der Waals surface area contributed by atoms with E-state index in [0.29, 0.717) is 12.0 Å². The Kier molecular flexibility index (Phi) is 5.13. The van der Waals surface area contributed by atoms with Crippen molar-refractivity contribution in [3.63, 3.8) is 0 Å². The SMILES string of the molecule is Cc1ccc(SC(NC=O)c2ccc(C(F)(F)F)cc2)cc1. The molecule has 0 heterocycles. The third kappa shape index (κ3) is 4.27. The van der Waals surface area contributed by atoms with Gasteiger partial charge in [-0.1, -0.05) is 41.6 Å². The van der Waals surface area contributed by atoms with Crippen molar-refractivity contribution < 1.29 is 18.0 Å². The van der Waals surface area contributed by atoms with Gasteiger partial charge in [-0.2, -0.15) is 13.2 Å². The number of carbonyl (C=O) groups excluding carboxylic acids is 1. The summed E-state index contributed by atoms with van der Waals surface area (Å²) in [5.41, 5.74) is 1.01. The first kappa shape index (κ1) is 16.4. The number of hydrogen-bond donors (Lipinski definition) is 1. The van der Waals surface area contributed by atoms with E-state index in [1.165, 1.54) is 23.9 Å². The Morgan fingerprint density at radius 3 is 2.14 bits per heavy atom. The van der Waals surface area contributed by atoms with E-state index in [1.54, 1.807) is 0 Å². The van der Waals surface area contributed by atoms with Crippen LogP contribution in [0.25, 0.3) is 0 Å². The van der Waals surface area contributed by atoms with Crippen LogP contribution in [0, 0.1) is 6.92 Å². The number of rotatable bonds is 5. The third-order valence-corrected chi connectivity index (χ3v) is 4.22. The molecule has 0 saturated carbocycles. The minimum Gasteiger partial charge on any atom is -0.342 e. The molecule has 1 amide bonds. The summed E-state index contributed by atoms with van der Waals surface area (Å²) in [6, 6.07) is 12.5. The number of hydrogen-bond acceptors (Lipinski definition) is 2. The van der Waals surface area contributed by atoms with E-state index in [9.17, 15) is 18.0 Å². The van der Waals surface area contributed by atoms with E-state index in [2.05, 4.69) is 5.32 Å². The highest BCUT2D eigenvalue weighted by Crippen LogP contribution is 2.35. The molecule has 0 radical (unpaired) electrons. The Morgan fingerprint density at radius 1 is 1.05 bits per heavy atom. The first-order chi connectivity index (χ1) is 10.4. The lowest BCUT2D eigenvalue weighted by Gasteiger charge is -2.17. The average molecular weight is 325 g/mol. The zero-order valence-electron chi connectivity index (χ0n) is 11.7. The molecule has 0 spiro atoms. The van der Waals surface area contributed by atoms with Gasteiger partial charge in [-0.3, -0.25) is 4.79 Å². The van der Waals surface area contributed by atoms with Crippen molar-refractivity contribution >= 4 is 18.2 Å². The fourth-order valence-electron chi connectivity index (χ4n) is 1.86. The molecular formula is C16H14F3NOS. The zero-order chi connectivity index (χ0) is 16.2. The van der Waals surface area contributed by atoms with Gasteiger partial charge in [0.25, 0.3) is 0 Å². The molecule has 2 aromatic carbocycles. The Bertz CT molecular complexity index is 623. The van der Waals surface area contributed by atoms with Gasteiger partial charge in [-0.05, 0) is 36.8 Å². The molecular weight excluding hydrogens is 311 g/mol. The molecule has 2 aromatic rings. The molecule has 0 aliphatic carbocycles. The molecule has 116 valence electrons. The van der Waals surface area contributed by atoms with Crippen LogP contribution in [0.15, 0.2) is 53.4 Å². The first-order valence-electron chi connectivity index (χ1n) is 6.50. The summed E-state index contributed by atoms with van der Waals surface area (Å²) in [7, 11) is 0. The smallest absolute Gasteiger partial charge is 0.342 e. The molecule has 1 atom stereocenters. The fraction of sp³-hybridized carbons (Fsp3) is 0.188. The van der Waals surface area contributed by atoms with Gasteiger partial charge in [0, 0.05) is 4.90 Å². The van der Waals surface area contributed by atoms with Crippen molar-refractivity contribution in [2.24, 2.45) is 0 Å². The number of halogens is 3. The highest BCUT2D eigenvalue weighted by Gasteiger charge is 2.30. The highest BCUT2D eigenvalue weighted by molar-refractivity contribution is 7.99. The van der Waals surface area contributed by atoms with Gasteiger partial charge >= 0.3 is 6.18 Å². The van der Waals surface area contributed by atoms with Crippen LogP contribution >= 0.6 is 11.8 Å². The van der Waals surface area contributed by atoms with Gasteiger partial charge in [0.15, 0.2) is 0 Å². The summed E-state index contributed by atoms with van der Waals surface area (Å²) in [4.78, 5) is 11.7. The second kappa shape index (κ2) is 6.87. The van der Waals surface area contributed by atoms with Crippen LogP contribution in [0.5, 0.6) is 0 Å². The van der Waals surface area contributed by atoms with Gasteiger partial charge in [0.05, 0.1) is 5.56 Å². The topological polar surface area (TPSA) is 29.1 Å². The Labute approximate surface area is 130 Å². The third-order valence-electron chi connectivity index (χ3n) is 3.04. The van der Waals surface area contributed by atoms with Crippen LogP contribution in [-0.4, -0.2) is 6.41 Å². The van der Waals surface area contributed by atoms with Gasteiger partial charge in [-0.15, -0.1) is 0 Å². The lowest BCUT2D eigenvalue weighted by molar-refractivity contribution is -0.137. The molecule has 2 rings (SSSR count). The van der Waals surface area contributed by atoms with Crippen molar-refractivity contribution in [2.45, 2.75) is 23.4 Å². The summed E-state index contributed by atoms with van der Waals surface area (Å²) in [5, 5.41) is 2.18. The summed E-state index contributed by atoms with van der Waals surface area (Å²) < 4.78 is 37.7. The molecule has 0 fully saturated rings. The Balaban J connectivity index is 2.20. The van der Waals surface area contributed by atoms with Gasteiger partial charge in [0.1, 0.15) is 5.37 Å². The lowest BCUT2D eigenvalue weighted by Crippen LogP contribution is -2.16. The van der Waals surface area contributed by atoms with Crippen molar-refractivity contribution in [1.29, 1.82) is 0 Å². The monoisotopic (exact) mass is 325 g/mol. The molecule has 0 aromatic heterocycles. The van der Waals surface area contributed by atoms with Gasteiger partial charge in [0.2, 0.25) is 6.41 Å². The summed E-state index contributed by atoms with van der Waals surface area (Å²) >= 11 is 1.36. The maximum Gasteiger partial charge on any atom is 0.416 e. The van der Waals surface area contributed by atoms with E-state index in [0.717, 1.165) is 22.6 Å². The minimum absolute atomic E-state index is 0.442. The first-order valence-corrected chi connectivity index (χ1v) is 7.38. The molecule has 1 N–H and O–H groups in total. The summed E-state index contributed by atoms with van der Waals surface area (Å²) in [5.74, 6) is 0. The van der Waals surface area contributed by atoms with Gasteiger partial charge in [-0.25, -0.2) is 0 Å². The van der Waals surface area contributed by atoms with Crippen molar-refractivity contribution in [3.05, 3.63) is 65.2 Å². The van der Waals surface area contributed by atoms with E-state index < -0.39 is 17.1 Å². The predicted molar refractivity (Wildman–Crippen MR) is 80.4 cm³/mol. The van der Waals surface area contributed by atoms with Gasteiger partial charge < -0.3 is 5.32 Å². The normalized spacial score (nSPS) is 12.7. The number of amides is 1. The second-order valence-electron chi connectivity index (χ2n) is 4.72. The number of benzene rings is 2. The minimum atomic E-state index is -4.36. The number of nitrogens with one attached hydrogen (secondary N) is 1. The summed E-state index contributed by atoms with van der Waals surface area (Å²) in [6.07, 6.45) is -3.82. The Morgan fingerprint density at radius 2 is 1.64 bits per heavy atom. The number of aryl methyl sites for hydroxylation is 1. The maximum atomic E-state index is 12.6. The van der Waals surface area contributed by atoms with E-state index in [1.807, 2.05) is 31.2 Å². The number of carbonyl (C=O) groups is 1. The molecule has 0 saturated heterocycles. The van der Waals surface area contributed by atoms with E-state index in [4.69, 9.17) is 0 Å². The van der Waals surface area contributed by atoms with E-state index in [-0.39, 0.29) is 0 Å². The number of alkyl halides is 3. The summed E-state index contributed by atoms with van der Waals surface area (Å²) in [6.45, 7) is 1.96. The standard InChI is InChI=1S/C16H14F3NOS/c1-11-2-8-14(9-3-11)22-15(20-10-21)12-4-6-13(7-5-12)16(17,18)19/h2-10,15H,1H3,(H,20,21). The molecule has 1 unspecified atom stereocenters. The van der Waals surface area contributed by atoms with Crippen molar-refractivity contribution in [1.82, 2.24) is 5.32 Å². The van der Waals surface area contributed by atoms with Crippen molar-refractivity contribution in [2.75, 3.05) is 0 Å². The molecule has 22 heavy (non-hydrogen) atoms. The molecule has 6 heteroatoms. The maximum absolute atomic E-state index is 12.6. The van der Waals surface area contributed by atoms with Crippen LogP contribution < -0.4 is 5.32 Å². The largest absolute Gasteiger partial charge is 0.416 e. The quantitative estimate of drug-likeness (QED) is 0.496. The second-order valence-corrected chi connectivity index (χ2v) is 5.89. The predicted octanol–water partition coefficient (Wildman–Crippen LogP) is 4.55. The molecule has 0 aliphatic heterocycles. The average Bonchev–Trinajstić information content (AvgIpc) is 2.48.